The SMILES string of the molecule is COc1ccc(C)cc1CC(=O)NCCCO. The van der Waals surface area contributed by atoms with Gasteiger partial charge in [0.1, 0.15) is 5.75 Å². The maximum absolute atomic E-state index is 11.6. The number of aryl methyl sites for hydroxylation is 1. The fourth-order valence-electron chi connectivity index (χ4n) is 1.59. The van der Waals surface area contributed by atoms with E-state index in [2.05, 4.69) is 5.32 Å². The predicted octanol–water partition coefficient (Wildman–Crippen LogP) is 1.04. The van der Waals surface area contributed by atoms with Gasteiger partial charge in [-0.1, -0.05) is 17.7 Å². The van der Waals surface area contributed by atoms with E-state index in [-0.39, 0.29) is 12.5 Å². The fraction of sp³-hybridized carbons (Fsp3) is 0.462. The van der Waals surface area contributed by atoms with Crippen LogP contribution in [0.1, 0.15) is 17.5 Å². The molecule has 0 spiro atoms. The van der Waals surface area contributed by atoms with Crippen LogP contribution in [0, 0.1) is 6.92 Å². The molecule has 17 heavy (non-hydrogen) atoms. The third kappa shape index (κ3) is 4.44. The molecule has 0 heterocycles. The molecular formula is C13H19NO3. The number of carbonyl (C=O) groups excluding carboxylic acids is 1. The summed E-state index contributed by atoms with van der Waals surface area (Å²) in [4.78, 5) is 11.6. The minimum absolute atomic E-state index is 0.0534. The fourth-order valence-corrected chi connectivity index (χ4v) is 1.59. The zero-order valence-corrected chi connectivity index (χ0v) is 10.3. The molecule has 0 saturated carbocycles. The lowest BCUT2D eigenvalue weighted by molar-refractivity contribution is -0.120. The van der Waals surface area contributed by atoms with E-state index in [1.165, 1.54) is 0 Å². The number of hydrogen-bond donors (Lipinski definition) is 2. The van der Waals surface area contributed by atoms with Crippen LogP contribution in [0.3, 0.4) is 0 Å². The van der Waals surface area contributed by atoms with E-state index in [1.54, 1.807) is 7.11 Å². The van der Waals surface area contributed by atoms with Crippen LogP contribution in [0.4, 0.5) is 0 Å². The van der Waals surface area contributed by atoms with Gasteiger partial charge in [-0.3, -0.25) is 4.79 Å². The number of hydrogen-bond acceptors (Lipinski definition) is 3. The molecule has 0 aliphatic heterocycles. The van der Waals surface area contributed by atoms with Gasteiger partial charge in [0.25, 0.3) is 0 Å². The highest BCUT2D eigenvalue weighted by molar-refractivity contribution is 5.79. The van der Waals surface area contributed by atoms with Gasteiger partial charge in [0.15, 0.2) is 0 Å². The maximum Gasteiger partial charge on any atom is 0.224 e. The van der Waals surface area contributed by atoms with Gasteiger partial charge >= 0.3 is 0 Å². The minimum atomic E-state index is -0.0534. The van der Waals surface area contributed by atoms with Crippen molar-refractivity contribution in [3.63, 3.8) is 0 Å². The third-order valence-corrected chi connectivity index (χ3v) is 2.44. The van der Waals surface area contributed by atoms with Crippen molar-refractivity contribution in [2.45, 2.75) is 19.8 Å². The molecule has 0 unspecified atom stereocenters. The summed E-state index contributed by atoms with van der Waals surface area (Å²) < 4.78 is 5.21. The molecule has 0 aromatic heterocycles. The van der Waals surface area contributed by atoms with Gasteiger partial charge in [-0.15, -0.1) is 0 Å². The summed E-state index contributed by atoms with van der Waals surface area (Å²) in [5.74, 6) is 0.676. The quantitative estimate of drug-likeness (QED) is 0.727. The van der Waals surface area contributed by atoms with Gasteiger partial charge in [0.2, 0.25) is 5.91 Å². The summed E-state index contributed by atoms with van der Waals surface area (Å²) in [6.07, 6.45) is 0.882. The Kier molecular flexibility index (Phi) is 5.49. The molecule has 4 nitrogen and oxygen atoms in total. The molecule has 0 aliphatic carbocycles. The van der Waals surface area contributed by atoms with E-state index in [1.807, 2.05) is 25.1 Å². The third-order valence-electron chi connectivity index (χ3n) is 2.44. The summed E-state index contributed by atoms with van der Waals surface area (Å²) >= 11 is 0. The molecule has 2 N–H and O–H groups in total. The number of nitrogens with one attached hydrogen (secondary N) is 1. The molecule has 0 fully saturated rings. The largest absolute Gasteiger partial charge is 0.496 e. The average Bonchev–Trinajstić information content (AvgIpc) is 2.29. The highest BCUT2D eigenvalue weighted by Gasteiger charge is 2.08. The molecule has 1 rings (SSSR count). The van der Waals surface area contributed by atoms with Gasteiger partial charge in [0.05, 0.1) is 13.5 Å². The van der Waals surface area contributed by atoms with Crippen LogP contribution < -0.4 is 10.1 Å². The number of aliphatic hydroxyl groups is 1. The molecule has 0 atom stereocenters. The highest BCUT2D eigenvalue weighted by atomic mass is 16.5. The van der Waals surface area contributed by atoms with E-state index >= 15 is 0 Å². The van der Waals surface area contributed by atoms with Crippen molar-refractivity contribution in [2.75, 3.05) is 20.3 Å². The first-order chi connectivity index (χ1) is 8.17. The zero-order chi connectivity index (χ0) is 12.7. The highest BCUT2D eigenvalue weighted by Crippen LogP contribution is 2.19. The number of ether oxygens (including phenoxy) is 1. The minimum Gasteiger partial charge on any atom is -0.496 e. The van der Waals surface area contributed by atoms with Crippen LogP contribution in [0.25, 0.3) is 0 Å². The standard InChI is InChI=1S/C13H19NO3/c1-10-4-5-12(17-2)11(8-10)9-13(16)14-6-3-7-15/h4-5,8,15H,3,6-7,9H2,1-2H3,(H,14,16). The second kappa shape index (κ2) is 6.91. The Morgan fingerprint density at radius 1 is 1.47 bits per heavy atom. The van der Waals surface area contributed by atoms with E-state index in [4.69, 9.17) is 9.84 Å². The summed E-state index contributed by atoms with van der Waals surface area (Å²) in [7, 11) is 1.60. The Morgan fingerprint density at radius 2 is 2.24 bits per heavy atom. The molecule has 0 radical (unpaired) electrons. The summed E-state index contributed by atoms with van der Waals surface area (Å²) in [6.45, 7) is 2.57. The number of amides is 1. The molecule has 1 aromatic carbocycles. The van der Waals surface area contributed by atoms with Crippen LogP contribution in [-0.4, -0.2) is 31.3 Å². The smallest absolute Gasteiger partial charge is 0.224 e. The lowest BCUT2D eigenvalue weighted by Crippen LogP contribution is -2.26. The predicted molar refractivity (Wildman–Crippen MR) is 66.1 cm³/mol. The normalized spacial score (nSPS) is 10.1. The Balaban J connectivity index is 2.60. The Hall–Kier alpha value is -1.55. The van der Waals surface area contributed by atoms with Crippen LogP contribution >= 0.6 is 0 Å². The lowest BCUT2D eigenvalue weighted by Gasteiger charge is -2.09. The molecule has 1 aromatic rings. The van der Waals surface area contributed by atoms with Gasteiger partial charge in [-0.05, 0) is 19.4 Å². The second-order valence-corrected chi connectivity index (χ2v) is 3.92. The molecule has 94 valence electrons. The molecule has 0 aliphatic rings. The summed E-state index contributed by atoms with van der Waals surface area (Å²) in [5.41, 5.74) is 1.98. The van der Waals surface area contributed by atoms with Gasteiger partial charge in [0, 0.05) is 18.7 Å². The number of methoxy groups -OCH3 is 1. The lowest BCUT2D eigenvalue weighted by atomic mass is 10.1. The molecule has 4 heteroatoms. The Morgan fingerprint density at radius 3 is 2.88 bits per heavy atom. The molecular weight excluding hydrogens is 218 g/mol. The van der Waals surface area contributed by atoms with Crippen LogP contribution in [0.15, 0.2) is 18.2 Å². The number of benzene rings is 1. The molecule has 0 bridgehead atoms. The summed E-state index contributed by atoms with van der Waals surface area (Å²) in [6, 6.07) is 5.77. The first-order valence-electron chi connectivity index (χ1n) is 5.68. The van der Waals surface area contributed by atoms with Gasteiger partial charge in [-0.25, -0.2) is 0 Å². The monoisotopic (exact) mass is 237 g/mol. The second-order valence-electron chi connectivity index (χ2n) is 3.92. The topological polar surface area (TPSA) is 58.6 Å². The Bertz CT molecular complexity index is 377. The van der Waals surface area contributed by atoms with Crippen LogP contribution in [0.2, 0.25) is 0 Å². The van der Waals surface area contributed by atoms with Crippen LogP contribution in [0.5, 0.6) is 5.75 Å². The van der Waals surface area contributed by atoms with E-state index < -0.39 is 0 Å². The van der Waals surface area contributed by atoms with Crippen molar-refractivity contribution in [3.05, 3.63) is 29.3 Å². The molecule has 1 amide bonds. The van der Waals surface area contributed by atoms with Gasteiger partial charge in [-0.2, -0.15) is 0 Å². The van der Waals surface area contributed by atoms with E-state index in [0.717, 1.165) is 16.9 Å². The van der Waals surface area contributed by atoms with Crippen molar-refractivity contribution in [2.24, 2.45) is 0 Å². The average molecular weight is 237 g/mol. The van der Waals surface area contributed by atoms with Crippen molar-refractivity contribution < 1.29 is 14.6 Å². The molecule has 0 saturated heterocycles. The number of aliphatic hydroxyl groups excluding tert-OH is 1. The van der Waals surface area contributed by atoms with Crippen molar-refractivity contribution in [3.8, 4) is 5.75 Å². The van der Waals surface area contributed by atoms with Crippen molar-refractivity contribution in [1.82, 2.24) is 5.32 Å². The first kappa shape index (κ1) is 13.5. The first-order valence-corrected chi connectivity index (χ1v) is 5.68. The Labute approximate surface area is 102 Å². The van der Waals surface area contributed by atoms with Crippen LogP contribution in [-0.2, 0) is 11.2 Å². The van der Waals surface area contributed by atoms with Crippen molar-refractivity contribution in [1.29, 1.82) is 0 Å². The van der Waals surface area contributed by atoms with Crippen molar-refractivity contribution >= 4 is 5.91 Å². The van der Waals surface area contributed by atoms with Gasteiger partial charge < -0.3 is 15.2 Å². The summed E-state index contributed by atoms with van der Waals surface area (Å²) in [5, 5.41) is 11.4. The van der Waals surface area contributed by atoms with E-state index in [9.17, 15) is 4.79 Å². The zero-order valence-electron chi connectivity index (χ0n) is 10.3. The maximum atomic E-state index is 11.6. The number of carbonyl (C=O) groups is 1. The number of rotatable bonds is 6. The van der Waals surface area contributed by atoms with E-state index in [0.29, 0.717) is 19.4 Å².